The maximum Gasteiger partial charge on any atom is 0.205 e. The van der Waals surface area contributed by atoms with Crippen molar-refractivity contribution in [3.63, 3.8) is 0 Å². The first-order valence-electron chi connectivity index (χ1n) is 13.4. The van der Waals surface area contributed by atoms with Crippen molar-refractivity contribution in [3.05, 3.63) is 96.1 Å². The molecule has 0 bridgehead atoms. The molecular formula is C31H32N6O2. The summed E-state index contributed by atoms with van der Waals surface area (Å²) in [5.41, 5.74) is 6.85. The molecular weight excluding hydrogens is 488 g/mol. The van der Waals surface area contributed by atoms with E-state index in [0.29, 0.717) is 30.9 Å². The second-order valence-electron chi connectivity index (χ2n) is 9.56. The minimum absolute atomic E-state index is 0.00134. The Hall–Kier alpha value is -4.43. The molecule has 0 aliphatic rings. The van der Waals surface area contributed by atoms with Crippen molar-refractivity contribution in [1.29, 1.82) is 0 Å². The number of hydrogen-bond acceptors (Lipinski definition) is 6. The van der Waals surface area contributed by atoms with Gasteiger partial charge >= 0.3 is 0 Å². The Bertz CT molecular complexity index is 1510. The Morgan fingerprint density at radius 2 is 1.72 bits per heavy atom. The molecule has 2 heterocycles. The molecule has 5 aromatic rings. The predicted molar refractivity (Wildman–Crippen MR) is 151 cm³/mol. The number of aromatic amines is 1. The molecule has 0 aliphatic heterocycles. The first-order chi connectivity index (χ1) is 19.2. The molecule has 0 saturated carbocycles. The fourth-order valence-corrected chi connectivity index (χ4v) is 4.75. The molecule has 2 N–H and O–H groups in total. The lowest BCUT2D eigenvalue weighted by atomic mass is 9.93. The van der Waals surface area contributed by atoms with Crippen LogP contribution in [0.15, 0.2) is 79.0 Å². The Balaban J connectivity index is 1.47. The van der Waals surface area contributed by atoms with Crippen LogP contribution < -0.4 is 0 Å². The van der Waals surface area contributed by atoms with Gasteiger partial charge in [-0.15, -0.1) is 10.2 Å². The SMILES string of the molecule is CCCCc1ncc(C(=O)CCCO)n1Cc1ccc(-c2cc(-c3ccccc3)ccc2-c2nn[nH]n2)cc1. The summed E-state index contributed by atoms with van der Waals surface area (Å²) < 4.78 is 2.03. The number of aryl methyl sites for hydroxylation is 1. The number of H-pyrrole nitrogens is 1. The van der Waals surface area contributed by atoms with Gasteiger partial charge in [0.15, 0.2) is 5.78 Å². The van der Waals surface area contributed by atoms with Crippen molar-refractivity contribution in [1.82, 2.24) is 30.2 Å². The van der Waals surface area contributed by atoms with Crippen molar-refractivity contribution >= 4 is 5.78 Å². The van der Waals surface area contributed by atoms with Gasteiger partial charge in [0, 0.05) is 31.6 Å². The highest BCUT2D eigenvalue weighted by molar-refractivity contribution is 5.94. The lowest BCUT2D eigenvalue weighted by Crippen LogP contribution is -2.13. The molecule has 2 aromatic heterocycles. The Morgan fingerprint density at radius 3 is 2.44 bits per heavy atom. The van der Waals surface area contributed by atoms with E-state index in [4.69, 9.17) is 0 Å². The van der Waals surface area contributed by atoms with E-state index in [1.807, 2.05) is 28.8 Å². The summed E-state index contributed by atoms with van der Waals surface area (Å²) in [6.07, 6.45) is 5.34. The van der Waals surface area contributed by atoms with E-state index in [1.54, 1.807) is 6.20 Å². The van der Waals surface area contributed by atoms with E-state index >= 15 is 0 Å². The zero-order valence-electron chi connectivity index (χ0n) is 22.0. The number of carbonyl (C=O) groups is 1. The molecule has 39 heavy (non-hydrogen) atoms. The van der Waals surface area contributed by atoms with Gasteiger partial charge in [-0.2, -0.15) is 5.21 Å². The summed E-state index contributed by atoms with van der Waals surface area (Å²) in [5, 5.41) is 23.9. The van der Waals surface area contributed by atoms with Gasteiger partial charge in [-0.05, 0) is 58.0 Å². The van der Waals surface area contributed by atoms with Crippen LogP contribution in [-0.2, 0) is 13.0 Å². The highest BCUT2D eigenvalue weighted by Crippen LogP contribution is 2.34. The van der Waals surface area contributed by atoms with Gasteiger partial charge in [-0.25, -0.2) is 4.98 Å². The number of unbranched alkanes of at least 4 members (excludes halogenated alkanes) is 1. The number of rotatable bonds is 12. The van der Waals surface area contributed by atoms with Crippen molar-refractivity contribution in [2.45, 2.75) is 45.6 Å². The minimum atomic E-state index is 0.00134. The van der Waals surface area contributed by atoms with Gasteiger partial charge < -0.3 is 9.67 Å². The predicted octanol–water partition coefficient (Wildman–Crippen LogP) is 5.74. The fraction of sp³-hybridized carbons (Fsp3) is 0.258. The third kappa shape index (κ3) is 6.02. The number of carbonyl (C=O) groups excluding carboxylic acids is 1. The van der Waals surface area contributed by atoms with Crippen LogP contribution in [-0.4, -0.2) is 47.7 Å². The zero-order chi connectivity index (χ0) is 27.0. The molecule has 8 heteroatoms. The molecule has 8 nitrogen and oxygen atoms in total. The van der Waals surface area contributed by atoms with Crippen LogP contribution in [0.5, 0.6) is 0 Å². The molecule has 0 saturated heterocycles. The zero-order valence-corrected chi connectivity index (χ0v) is 22.0. The molecule has 5 rings (SSSR count). The van der Waals surface area contributed by atoms with Crippen LogP contribution in [0.4, 0.5) is 0 Å². The van der Waals surface area contributed by atoms with Gasteiger partial charge in [0.25, 0.3) is 0 Å². The number of nitrogens with zero attached hydrogens (tertiary/aromatic N) is 5. The van der Waals surface area contributed by atoms with E-state index in [9.17, 15) is 9.90 Å². The number of aromatic nitrogens is 6. The van der Waals surface area contributed by atoms with E-state index < -0.39 is 0 Å². The van der Waals surface area contributed by atoms with Crippen molar-refractivity contribution < 1.29 is 9.90 Å². The van der Waals surface area contributed by atoms with Gasteiger partial charge in [-0.3, -0.25) is 4.79 Å². The Kier molecular flexibility index (Phi) is 8.33. The average Bonchev–Trinajstić information content (AvgIpc) is 3.66. The monoisotopic (exact) mass is 520 g/mol. The maximum absolute atomic E-state index is 12.8. The molecule has 0 unspecified atom stereocenters. The summed E-state index contributed by atoms with van der Waals surface area (Å²) >= 11 is 0. The number of benzene rings is 3. The van der Waals surface area contributed by atoms with Crippen LogP contribution in [0, 0.1) is 0 Å². The lowest BCUT2D eigenvalue weighted by Gasteiger charge is -2.14. The number of imidazole rings is 1. The van der Waals surface area contributed by atoms with Gasteiger partial charge in [0.05, 0.1) is 6.20 Å². The van der Waals surface area contributed by atoms with E-state index in [2.05, 4.69) is 81.1 Å². The standard InChI is InChI=1S/C31H32N6O2/c1-2-3-11-30-32-20-28(29(39)10-7-18-38)37(30)21-22-12-14-24(15-13-22)27-19-25(23-8-5-4-6-9-23)16-17-26(27)31-33-35-36-34-31/h4-6,8-9,12-17,19-20,38H,2-3,7,10-11,18,21H2,1H3,(H,33,34,35,36). The van der Waals surface area contributed by atoms with Gasteiger partial charge in [-0.1, -0.05) is 74.0 Å². The fourth-order valence-electron chi connectivity index (χ4n) is 4.75. The normalized spacial score (nSPS) is 11.1. The van der Waals surface area contributed by atoms with E-state index in [1.165, 1.54) is 0 Å². The van der Waals surface area contributed by atoms with Crippen LogP contribution in [0.25, 0.3) is 33.6 Å². The number of nitrogens with one attached hydrogen (secondary N) is 1. The lowest BCUT2D eigenvalue weighted by molar-refractivity contribution is 0.0962. The smallest absolute Gasteiger partial charge is 0.205 e. The van der Waals surface area contributed by atoms with Gasteiger partial charge in [0.2, 0.25) is 5.82 Å². The Morgan fingerprint density at radius 1 is 0.923 bits per heavy atom. The molecule has 3 aromatic carbocycles. The highest BCUT2D eigenvalue weighted by atomic mass is 16.3. The molecule has 0 radical (unpaired) electrons. The van der Waals surface area contributed by atoms with E-state index in [0.717, 1.165) is 58.5 Å². The molecule has 0 spiro atoms. The molecule has 0 amide bonds. The van der Waals surface area contributed by atoms with Crippen LogP contribution >= 0.6 is 0 Å². The first kappa shape index (κ1) is 26.2. The quantitative estimate of drug-likeness (QED) is 0.203. The maximum atomic E-state index is 12.8. The largest absolute Gasteiger partial charge is 0.396 e. The number of hydrogen-bond donors (Lipinski definition) is 2. The molecule has 0 atom stereocenters. The number of ketones is 1. The summed E-state index contributed by atoms with van der Waals surface area (Å²) in [5.74, 6) is 1.47. The van der Waals surface area contributed by atoms with Crippen molar-refractivity contribution in [3.8, 4) is 33.6 Å². The third-order valence-corrected chi connectivity index (χ3v) is 6.86. The van der Waals surface area contributed by atoms with E-state index in [-0.39, 0.29) is 12.4 Å². The number of tetrazole rings is 1. The third-order valence-electron chi connectivity index (χ3n) is 6.86. The second-order valence-corrected chi connectivity index (χ2v) is 9.56. The van der Waals surface area contributed by atoms with Crippen LogP contribution in [0.2, 0.25) is 0 Å². The van der Waals surface area contributed by atoms with Crippen molar-refractivity contribution in [2.24, 2.45) is 0 Å². The molecule has 198 valence electrons. The Labute approximate surface area is 227 Å². The average molecular weight is 521 g/mol. The summed E-state index contributed by atoms with van der Waals surface area (Å²) in [6.45, 7) is 2.71. The number of aliphatic hydroxyl groups excluding tert-OH is 1. The minimum Gasteiger partial charge on any atom is -0.396 e. The topological polar surface area (TPSA) is 110 Å². The summed E-state index contributed by atoms with van der Waals surface area (Å²) in [4.78, 5) is 17.4. The van der Waals surface area contributed by atoms with Crippen molar-refractivity contribution in [2.75, 3.05) is 6.61 Å². The summed E-state index contributed by atoms with van der Waals surface area (Å²) in [7, 11) is 0. The second kappa shape index (κ2) is 12.4. The molecule has 0 fully saturated rings. The number of aliphatic hydroxyl groups is 1. The van der Waals surface area contributed by atoms with Crippen LogP contribution in [0.1, 0.15) is 54.5 Å². The highest BCUT2D eigenvalue weighted by Gasteiger charge is 2.17. The summed E-state index contributed by atoms with van der Waals surface area (Å²) in [6, 6.07) is 24.9. The van der Waals surface area contributed by atoms with Crippen LogP contribution in [0.3, 0.4) is 0 Å². The first-order valence-corrected chi connectivity index (χ1v) is 13.4. The van der Waals surface area contributed by atoms with Gasteiger partial charge in [0.1, 0.15) is 11.5 Å². The number of Topliss-reactive ketones (excluding diaryl/α,β-unsaturated/α-hetero) is 1. The molecule has 0 aliphatic carbocycles.